The van der Waals surface area contributed by atoms with E-state index in [1.54, 1.807) is 0 Å². The van der Waals surface area contributed by atoms with Crippen LogP contribution in [0.25, 0.3) is 10.9 Å². The predicted octanol–water partition coefficient (Wildman–Crippen LogP) is 2.42. The molecule has 2 rings (SSSR count). The first-order valence-electron chi connectivity index (χ1n) is 7.69. The molecule has 0 fully saturated rings. The highest BCUT2D eigenvalue weighted by molar-refractivity contribution is 5.83. The molecule has 0 bridgehead atoms. The molecule has 5 nitrogen and oxygen atoms in total. The second kappa shape index (κ2) is 7.31. The molecule has 0 saturated heterocycles. The molecule has 0 radical (unpaired) electrons. The van der Waals surface area contributed by atoms with E-state index in [9.17, 15) is 4.79 Å². The zero-order valence-electron chi connectivity index (χ0n) is 13.3. The predicted molar refractivity (Wildman–Crippen MR) is 88.9 cm³/mol. The molecule has 22 heavy (non-hydrogen) atoms. The number of aromatic nitrogens is 1. The number of rotatable bonds is 7. The third-order valence-electron chi connectivity index (χ3n) is 3.87. The minimum atomic E-state index is -0.161. The number of urea groups is 1. The van der Waals surface area contributed by atoms with Crippen molar-refractivity contribution in [2.24, 2.45) is 5.41 Å². The van der Waals surface area contributed by atoms with Crippen LogP contribution >= 0.6 is 0 Å². The van der Waals surface area contributed by atoms with Crippen LogP contribution in [0.2, 0.25) is 0 Å². The van der Waals surface area contributed by atoms with Crippen molar-refractivity contribution < 1.29 is 9.90 Å². The summed E-state index contributed by atoms with van der Waals surface area (Å²) < 4.78 is 0. The van der Waals surface area contributed by atoms with Gasteiger partial charge >= 0.3 is 6.03 Å². The zero-order chi connectivity index (χ0) is 16.0. The van der Waals surface area contributed by atoms with Gasteiger partial charge in [-0.3, -0.25) is 0 Å². The summed E-state index contributed by atoms with van der Waals surface area (Å²) in [5, 5.41) is 15.9. The van der Waals surface area contributed by atoms with Crippen molar-refractivity contribution in [3.63, 3.8) is 0 Å². The number of nitrogens with one attached hydrogen (secondary N) is 3. The van der Waals surface area contributed by atoms with Crippen LogP contribution in [0.5, 0.6) is 0 Å². The van der Waals surface area contributed by atoms with Gasteiger partial charge in [0.05, 0.1) is 0 Å². The Bertz CT molecular complexity index is 619. The molecule has 120 valence electrons. The molecule has 0 aliphatic heterocycles. The number of aliphatic hydroxyl groups excluding tert-OH is 1. The van der Waals surface area contributed by atoms with E-state index in [-0.39, 0.29) is 18.1 Å². The van der Waals surface area contributed by atoms with Crippen molar-refractivity contribution in [3.8, 4) is 0 Å². The van der Waals surface area contributed by atoms with Gasteiger partial charge < -0.3 is 20.7 Å². The van der Waals surface area contributed by atoms with Gasteiger partial charge in [-0.2, -0.15) is 0 Å². The Hall–Kier alpha value is -2.01. The fourth-order valence-electron chi connectivity index (χ4n) is 2.42. The molecule has 2 amide bonds. The van der Waals surface area contributed by atoms with E-state index in [0.717, 1.165) is 11.9 Å². The van der Waals surface area contributed by atoms with Crippen LogP contribution in [0.15, 0.2) is 30.5 Å². The Kier molecular flexibility index (Phi) is 5.44. The van der Waals surface area contributed by atoms with Crippen molar-refractivity contribution >= 4 is 16.9 Å². The monoisotopic (exact) mass is 303 g/mol. The van der Waals surface area contributed by atoms with E-state index in [1.807, 2.05) is 38.2 Å². The lowest BCUT2D eigenvalue weighted by Crippen LogP contribution is -2.41. The van der Waals surface area contributed by atoms with Crippen molar-refractivity contribution in [3.05, 3.63) is 36.0 Å². The maximum Gasteiger partial charge on any atom is 0.314 e. The third-order valence-corrected chi connectivity index (χ3v) is 3.87. The number of hydrogen-bond acceptors (Lipinski definition) is 2. The minimum absolute atomic E-state index is 0.0943. The van der Waals surface area contributed by atoms with Crippen LogP contribution in [0.1, 0.15) is 25.8 Å². The molecule has 4 N–H and O–H groups in total. The second-order valence-electron chi connectivity index (χ2n) is 6.36. The summed E-state index contributed by atoms with van der Waals surface area (Å²) in [6.45, 7) is 5.32. The molecular weight excluding hydrogens is 278 g/mol. The first-order chi connectivity index (χ1) is 10.5. The number of aromatic amines is 1. The largest absolute Gasteiger partial charge is 0.396 e. The van der Waals surface area contributed by atoms with E-state index in [0.29, 0.717) is 19.5 Å². The average molecular weight is 303 g/mol. The number of H-pyrrole nitrogens is 1. The summed E-state index contributed by atoms with van der Waals surface area (Å²) in [4.78, 5) is 15.0. The lowest BCUT2D eigenvalue weighted by molar-refractivity contribution is 0.201. The molecule has 0 atom stereocenters. The third kappa shape index (κ3) is 4.49. The summed E-state index contributed by atoms with van der Waals surface area (Å²) in [6.07, 6.45) is 3.45. The maximum absolute atomic E-state index is 11.8. The zero-order valence-corrected chi connectivity index (χ0v) is 13.3. The standard InChI is InChI=1S/C17H25N3O2/c1-17(2,8-10-21)12-20-16(22)18-9-7-13-11-19-15-6-4-3-5-14(13)15/h3-6,11,19,21H,7-10,12H2,1-2H3,(H2,18,20,22). The molecule has 1 aromatic carbocycles. The number of benzene rings is 1. The van der Waals surface area contributed by atoms with Crippen LogP contribution < -0.4 is 10.6 Å². The Morgan fingerprint density at radius 2 is 2.05 bits per heavy atom. The number of hydrogen-bond donors (Lipinski definition) is 4. The molecule has 0 aliphatic carbocycles. The van der Waals surface area contributed by atoms with Gasteiger partial charge in [0.25, 0.3) is 0 Å². The molecule has 1 heterocycles. The van der Waals surface area contributed by atoms with Crippen molar-refractivity contribution in [2.45, 2.75) is 26.7 Å². The van der Waals surface area contributed by atoms with Crippen LogP contribution in [-0.4, -0.2) is 35.8 Å². The highest BCUT2D eigenvalue weighted by atomic mass is 16.3. The van der Waals surface area contributed by atoms with Crippen LogP contribution in [0, 0.1) is 5.41 Å². The quantitative estimate of drug-likeness (QED) is 0.634. The fourth-order valence-corrected chi connectivity index (χ4v) is 2.42. The van der Waals surface area contributed by atoms with Gasteiger partial charge in [0.1, 0.15) is 0 Å². The summed E-state index contributed by atoms with van der Waals surface area (Å²) in [5.74, 6) is 0. The molecule has 0 saturated carbocycles. The average Bonchev–Trinajstić information content (AvgIpc) is 2.89. The molecule has 1 aromatic heterocycles. The van der Waals surface area contributed by atoms with Gasteiger partial charge in [-0.05, 0) is 29.9 Å². The fraction of sp³-hybridized carbons (Fsp3) is 0.471. The summed E-state index contributed by atoms with van der Waals surface area (Å²) in [6, 6.07) is 7.98. The molecule has 5 heteroatoms. The molecule has 0 unspecified atom stereocenters. The molecule has 0 spiro atoms. The van der Waals surface area contributed by atoms with Crippen LogP contribution in [0.3, 0.4) is 0 Å². The van der Waals surface area contributed by atoms with Gasteiger partial charge in [-0.25, -0.2) is 4.79 Å². The number of aliphatic hydroxyl groups is 1. The topological polar surface area (TPSA) is 77.2 Å². The van der Waals surface area contributed by atoms with Gasteiger partial charge in [0, 0.05) is 36.8 Å². The van der Waals surface area contributed by atoms with Crippen LogP contribution in [-0.2, 0) is 6.42 Å². The van der Waals surface area contributed by atoms with Crippen molar-refractivity contribution in [1.82, 2.24) is 15.6 Å². The Morgan fingerprint density at radius 3 is 2.82 bits per heavy atom. The number of carbonyl (C=O) groups is 1. The summed E-state index contributed by atoms with van der Waals surface area (Å²) >= 11 is 0. The van der Waals surface area contributed by atoms with Gasteiger partial charge in [0.15, 0.2) is 0 Å². The van der Waals surface area contributed by atoms with E-state index in [1.165, 1.54) is 10.9 Å². The van der Waals surface area contributed by atoms with E-state index >= 15 is 0 Å². The van der Waals surface area contributed by atoms with Gasteiger partial charge in [0.2, 0.25) is 0 Å². The number of carbonyl (C=O) groups excluding carboxylic acids is 1. The Balaban J connectivity index is 1.75. The van der Waals surface area contributed by atoms with Gasteiger partial charge in [-0.1, -0.05) is 32.0 Å². The minimum Gasteiger partial charge on any atom is -0.396 e. The highest BCUT2D eigenvalue weighted by Gasteiger charge is 2.17. The first kappa shape index (κ1) is 16.4. The molecule has 0 aliphatic rings. The smallest absolute Gasteiger partial charge is 0.314 e. The number of para-hydroxylation sites is 1. The lowest BCUT2D eigenvalue weighted by Gasteiger charge is -2.23. The molecular formula is C17H25N3O2. The van der Waals surface area contributed by atoms with Gasteiger partial charge in [-0.15, -0.1) is 0 Å². The van der Waals surface area contributed by atoms with Crippen molar-refractivity contribution in [1.29, 1.82) is 0 Å². The summed E-state index contributed by atoms with van der Waals surface area (Å²) in [7, 11) is 0. The SMILES string of the molecule is CC(C)(CCO)CNC(=O)NCCc1c[nH]c2ccccc12. The van der Waals surface area contributed by atoms with E-state index in [4.69, 9.17) is 5.11 Å². The lowest BCUT2D eigenvalue weighted by atomic mass is 9.90. The Labute approximate surface area is 131 Å². The highest BCUT2D eigenvalue weighted by Crippen LogP contribution is 2.18. The van der Waals surface area contributed by atoms with E-state index < -0.39 is 0 Å². The normalized spacial score (nSPS) is 11.6. The molecule has 2 aromatic rings. The number of amides is 2. The second-order valence-corrected chi connectivity index (χ2v) is 6.36. The van der Waals surface area contributed by atoms with E-state index in [2.05, 4.69) is 21.7 Å². The Morgan fingerprint density at radius 1 is 1.27 bits per heavy atom. The van der Waals surface area contributed by atoms with Crippen molar-refractivity contribution in [2.75, 3.05) is 19.7 Å². The first-order valence-corrected chi connectivity index (χ1v) is 7.69. The maximum atomic E-state index is 11.8. The van der Waals surface area contributed by atoms with Crippen LogP contribution in [0.4, 0.5) is 4.79 Å². The summed E-state index contributed by atoms with van der Waals surface area (Å²) in [5.41, 5.74) is 2.23. The number of fused-ring (bicyclic) bond motifs is 1.